The fourth-order valence-corrected chi connectivity index (χ4v) is 1.65. The first-order valence-corrected chi connectivity index (χ1v) is 4.89. The molecule has 1 aliphatic rings. The summed E-state index contributed by atoms with van der Waals surface area (Å²) in [7, 11) is 1.48. The third-order valence-corrected chi connectivity index (χ3v) is 2.68. The van der Waals surface area contributed by atoms with Crippen LogP contribution in [0.5, 0.6) is 0 Å². The molecule has 0 aromatic heterocycles. The van der Waals surface area contributed by atoms with Gasteiger partial charge in [-0.1, -0.05) is 0 Å². The number of nitrogens with zero attached hydrogens (tertiary/aromatic N) is 1. The van der Waals surface area contributed by atoms with E-state index in [1.54, 1.807) is 0 Å². The smallest absolute Gasteiger partial charge is 0.294 e. The summed E-state index contributed by atoms with van der Waals surface area (Å²) in [6.45, 7) is 0.302. The number of alkyl halides is 2. The van der Waals surface area contributed by atoms with Crippen molar-refractivity contribution < 1.29 is 8.78 Å². The molecule has 0 spiro atoms. The van der Waals surface area contributed by atoms with Gasteiger partial charge in [0.15, 0.2) is 0 Å². The number of nitrogens with one attached hydrogen (secondary N) is 1. The lowest BCUT2D eigenvalue weighted by atomic mass is 9.95. The molecule has 0 radical (unpaired) electrons. The quantitative estimate of drug-likeness (QED) is 0.679. The first kappa shape index (κ1) is 10.9. The van der Waals surface area contributed by atoms with E-state index < -0.39 is 6.55 Å². The van der Waals surface area contributed by atoms with E-state index in [1.807, 2.05) is 0 Å². The van der Waals surface area contributed by atoms with Gasteiger partial charge in [-0.25, -0.2) is 0 Å². The number of hydrogen-bond donors (Lipinski definition) is 1. The molecule has 1 rings (SSSR count). The van der Waals surface area contributed by atoms with Gasteiger partial charge in [-0.3, -0.25) is 4.90 Å². The number of piperidine rings is 1. The van der Waals surface area contributed by atoms with Gasteiger partial charge >= 0.3 is 0 Å². The maximum atomic E-state index is 12.1. The van der Waals surface area contributed by atoms with Crippen LogP contribution in [0, 0.1) is 5.92 Å². The van der Waals surface area contributed by atoms with Crippen LogP contribution in [-0.2, 0) is 0 Å². The zero-order valence-electron chi connectivity index (χ0n) is 8.10. The van der Waals surface area contributed by atoms with E-state index in [9.17, 15) is 8.78 Å². The molecule has 0 saturated carbocycles. The summed E-state index contributed by atoms with van der Waals surface area (Å²) < 4.78 is 24.2. The van der Waals surface area contributed by atoms with Crippen LogP contribution in [0.25, 0.3) is 0 Å². The van der Waals surface area contributed by atoms with Crippen molar-refractivity contribution >= 4 is 0 Å². The summed E-state index contributed by atoms with van der Waals surface area (Å²) in [6, 6.07) is 0. The lowest BCUT2D eigenvalue weighted by Gasteiger charge is -2.24. The molecule has 0 aromatic carbocycles. The van der Waals surface area contributed by atoms with Crippen LogP contribution in [0.4, 0.5) is 8.78 Å². The van der Waals surface area contributed by atoms with Crippen molar-refractivity contribution in [2.75, 3.05) is 26.7 Å². The van der Waals surface area contributed by atoms with Gasteiger partial charge in [-0.2, -0.15) is 8.78 Å². The second-order valence-electron chi connectivity index (χ2n) is 3.74. The summed E-state index contributed by atoms with van der Waals surface area (Å²) in [5.41, 5.74) is 0. The highest BCUT2D eigenvalue weighted by Gasteiger charge is 2.16. The maximum absolute atomic E-state index is 12.1. The molecule has 0 atom stereocenters. The van der Waals surface area contributed by atoms with Gasteiger partial charge in [0.25, 0.3) is 6.55 Å². The summed E-state index contributed by atoms with van der Waals surface area (Å²) in [4.78, 5) is 1.11. The molecule has 0 unspecified atom stereocenters. The van der Waals surface area contributed by atoms with Crippen molar-refractivity contribution in [3.8, 4) is 0 Å². The van der Waals surface area contributed by atoms with Gasteiger partial charge in [0.1, 0.15) is 0 Å². The Labute approximate surface area is 78.3 Å². The van der Waals surface area contributed by atoms with Gasteiger partial charge < -0.3 is 5.32 Å². The van der Waals surface area contributed by atoms with Crippen molar-refractivity contribution in [1.29, 1.82) is 0 Å². The zero-order chi connectivity index (χ0) is 9.68. The van der Waals surface area contributed by atoms with Crippen molar-refractivity contribution in [1.82, 2.24) is 10.2 Å². The normalized spacial score (nSPS) is 20.1. The van der Waals surface area contributed by atoms with Crippen molar-refractivity contribution in [2.45, 2.75) is 25.8 Å². The Hall–Kier alpha value is -0.220. The van der Waals surface area contributed by atoms with E-state index in [2.05, 4.69) is 5.32 Å². The Morgan fingerprint density at radius 2 is 2.00 bits per heavy atom. The summed E-state index contributed by atoms with van der Waals surface area (Å²) in [6.07, 6.45) is 3.18. The zero-order valence-corrected chi connectivity index (χ0v) is 8.10. The number of hydrogen-bond acceptors (Lipinski definition) is 2. The lowest BCUT2D eigenvalue weighted by molar-refractivity contribution is -0.0124. The first-order chi connectivity index (χ1) is 6.20. The highest BCUT2D eigenvalue weighted by molar-refractivity contribution is 4.69. The monoisotopic (exact) mass is 192 g/mol. The van der Waals surface area contributed by atoms with Crippen LogP contribution in [-0.4, -0.2) is 38.1 Å². The molecule has 13 heavy (non-hydrogen) atoms. The van der Waals surface area contributed by atoms with Crippen LogP contribution >= 0.6 is 0 Å². The first-order valence-electron chi connectivity index (χ1n) is 4.89. The molecule has 1 heterocycles. The van der Waals surface area contributed by atoms with E-state index >= 15 is 0 Å². The van der Waals surface area contributed by atoms with Crippen LogP contribution in [0.3, 0.4) is 0 Å². The van der Waals surface area contributed by atoms with E-state index in [1.165, 1.54) is 7.05 Å². The Bertz CT molecular complexity index is 136. The Morgan fingerprint density at radius 3 is 2.54 bits per heavy atom. The molecule has 1 aliphatic heterocycles. The van der Waals surface area contributed by atoms with Gasteiger partial charge in [-0.05, 0) is 45.3 Å². The highest BCUT2D eigenvalue weighted by Crippen LogP contribution is 2.16. The molecule has 4 heteroatoms. The number of halogens is 2. The minimum absolute atomic E-state index is 0.516. The standard InChI is InChI=1S/C9H18F2N2/c1-13(9(10)11)7-4-8-2-5-12-6-3-8/h8-9,12H,2-7H2,1H3. The molecule has 1 saturated heterocycles. The predicted octanol–water partition coefficient (Wildman–Crippen LogP) is 1.53. The highest BCUT2D eigenvalue weighted by atomic mass is 19.3. The third kappa shape index (κ3) is 4.00. The van der Waals surface area contributed by atoms with Crippen molar-refractivity contribution in [2.24, 2.45) is 5.92 Å². The fourth-order valence-electron chi connectivity index (χ4n) is 1.65. The van der Waals surface area contributed by atoms with Crippen LogP contribution < -0.4 is 5.32 Å². The molecule has 2 nitrogen and oxygen atoms in total. The minimum Gasteiger partial charge on any atom is -0.317 e. The van der Waals surface area contributed by atoms with E-state index in [0.29, 0.717) is 12.5 Å². The minimum atomic E-state index is -2.30. The van der Waals surface area contributed by atoms with Crippen LogP contribution in [0.1, 0.15) is 19.3 Å². The topological polar surface area (TPSA) is 15.3 Å². The number of rotatable bonds is 4. The van der Waals surface area contributed by atoms with Crippen LogP contribution in [0.2, 0.25) is 0 Å². The van der Waals surface area contributed by atoms with Gasteiger partial charge in [0, 0.05) is 6.54 Å². The Morgan fingerprint density at radius 1 is 1.38 bits per heavy atom. The molecule has 1 N–H and O–H groups in total. The largest absolute Gasteiger partial charge is 0.317 e. The molecule has 1 fully saturated rings. The molecule has 0 bridgehead atoms. The second-order valence-corrected chi connectivity index (χ2v) is 3.74. The Kier molecular flexibility index (Phi) is 4.59. The average molecular weight is 192 g/mol. The second kappa shape index (κ2) is 5.50. The molecular formula is C9H18F2N2. The summed E-state index contributed by atoms with van der Waals surface area (Å²) >= 11 is 0. The lowest BCUT2D eigenvalue weighted by Crippen LogP contribution is -2.31. The third-order valence-electron chi connectivity index (χ3n) is 2.68. The molecular weight excluding hydrogens is 174 g/mol. The average Bonchev–Trinajstić information content (AvgIpc) is 2.15. The van der Waals surface area contributed by atoms with Gasteiger partial charge in [0.2, 0.25) is 0 Å². The Balaban J connectivity index is 2.10. The van der Waals surface area contributed by atoms with Gasteiger partial charge in [0.05, 0.1) is 0 Å². The maximum Gasteiger partial charge on any atom is 0.294 e. The van der Waals surface area contributed by atoms with Crippen LogP contribution in [0.15, 0.2) is 0 Å². The summed E-state index contributed by atoms with van der Waals surface area (Å²) in [5.74, 6) is 0.641. The van der Waals surface area contributed by atoms with E-state index in [4.69, 9.17) is 0 Å². The van der Waals surface area contributed by atoms with Gasteiger partial charge in [-0.15, -0.1) is 0 Å². The SMILES string of the molecule is CN(CCC1CCNCC1)C(F)F. The predicted molar refractivity (Wildman–Crippen MR) is 48.8 cm³/mol. The molecule has 78 valence electrons. The van der Waals surface area contributed by atoms with Crippen molar-refractivity contribution in [3.63, 3.8) is 0 Å². The molecule has 0 aromatic rings. The van der Waals surface area contributed by atoms with Crippen molar-refractivity contribution in [3.05, 3.63) is 0 Å². The summed E-state index contributed by atoms with van der Waals surface area (Å²) in [5, 5.41) is 3.26. The molecule has 0 amide bonds. The molecule has 0 aliphatic carbocycles. The fraction of sp³-hybridized carbons (Fsp3) is 1.00. The van der Waals surface area contributed by atoms with E-state index in [-0.39, 0.29) is 0 Å². The van der Waals surface area contributed by atoms with E-state index in [0.717, 1.165) is 37.3 Å².